The number of unbranched alkanes of at least 4 members (excludes halogenated alkanes) is 2. The zero-order chi connectivity index (χ0) is 49.6. The maximum atomic E-state index is 12.9. The van der Waals surface area contributed by atoms with Crippen molar-refractivity contribution in [1.82, 2.24) is 0 Å². The minimum atomic E-state index is -5.27. The minimum Gasteiger partial charge on any atom is -0.481 e. The summed E-state index contributed by atoms with van der Waals surface area (Å²) in [6, 6.07) is 7.61. The predicted molar refractivity (Wildman–Crippen MR) is 238 cm³/mol. The molecular formula is C38H47N2O20S6+. The molecule has 2 heterocycles. The maximum Gasteiger partial charge on any atom is 0.303 e. The summed E-state index contributed by atoms with van der Waals surface area (Å²) in [5, 5.41) is 8.48. The third-order valence-corrected chi connectivity index (χ3v) is 16.6. The van der Waals surface area contributed by atoms with E-state index in [1.165, 1.54) is 52.8 Å². The first-order chi connectivity index (χ1) is 30.1. The number of carboxylic acid groups (broad SMARTS) is 1. The van der Waals surface area contributed by atoms with Gasteiger partial charge in [0.05, 0.1) is 22.2 Å². The van der Waals surface area contributed by atoms with Crippen molar-refractivity contribution in [2.45, 2.75) is 84.3 Å². The van der Waals surface area contributed by atoms with Crippen molar-refractivity contribution < 1.29 is 92.3 Å². The molecule has 22 nitrogen and oxygen atoms in total. The van der Waals surface area contributed by atoms with E-state index in [1.54, 1.807) is 6.92 Å². The monoisotopic (exact) mass is 1040 g/mol. The van der Waals surface area contributed by atoms with Gasteiger partial charge < -0.3 is 10.0 Å². The van der Waals surface area contributed by atoms with Crippen LogP contribution in [0.4, 0.5) is 11.4 Å². The molecule has 0 bridgehead atoms. The first-order valence-electron chi connectivity index (χ1n) is 19.6. The van der Waals surface area contributed by atoms with Crippen LogP contribution in [0.15, 0.2) is 81.1 Å². The molecule has 0 aliphatic carbocycles. The molecule has 0 fully saturated rings. The summed E-state index contributed by atoms with van der Waals surface area (Å²) < 4.78 is 211. The molecule has 2 aliphatic heterocycles. The first kappa shape index (κ1) is 52.8. The average Bonchev–Trinajstić information content (AvgIpc) is 3.51. The number of allylic oxidation sites excluding steroid dienone is 4. The number of rotatable bonds is 21. The van der Waals surface area contributed by atoms with Gasteiger partial charge in [0, 0.05) is 64.8 Å². The number of anilines is 1. The minimum absolute atomic E-state index is 0.00540. The fourth-order valence-corrected chi connectivity index (χ4v) is 13.1. The molecule has 0 radical (unpaired) electrons. The van der Waals surface area contributed by atoms with E-state index in [0.717, 1.165) is 18.2 Å². The highest BCUT2D eigenvalue weighted by molar-refractivity contribution is 7.87. The molecule has 2 unspecified atom stereocenters. The average molecular weight is 1040 g/mol. The van der Waals surface area contributed by atoms with E-state index in [0.29, 0.717) is 12.5 Å². The van der Waals surface area contributed by atoms with Gasteiger partial charge in [-0.2, -0.15) is 55.1 Å². The van der Waals surface area contributed by atoms with E-state index >= 15 is 0 Å². The number of nitrogens with zero attached hydrogens (tertiary/aromatic N) is 2. The van der Waals surface area contributed by atoms with Crippen molar-refractivity contribution in [2.75, 3.05) is 35.2 Å². The molecule has 2 atom stereocenters. The van der Waals surface area contributed by atoms with Gasteiger partial charge in [-0.15, -0.1) is 0 Å². The molecule has 0 saturated carbocycles. The van der Waals surface area contributed by atoms with E-state index in [1.807, 2.05) is 0 Å². The Hall–Kier alpha value is -4.20. The second-order valence-corrected chi connectivity index (χ2v) is 25.1. The van der Waals surface area contributed by atoms with Crippen molar-refractivity contribution in [3.63, 3.8) is 0 Å². The van der Waals surface area contributed by atoms with Crippen molar-refractivity contribution in [2.24, 2.45) is 0 Å². The van der Waals surface area contributed by atoms with E-state index in [-0.39, 0.29) is 96.3 Å². The lowest BCUT2D eigenvalue weighted by Crippen LogP contribution is -2.38. The summed E-state index contributed by atoms with van der Waals surface area (Å²) in [4.78, 5) is 10.2. The second-order valence-electron chi connectivity index (χ2n) is 16.3. The zero-order valence-electron chi connectivity index (χ0n) is 35.0. The Morgan fingerprint density at radius 2 is 1.29 bits per heavy atom. The number of hydrogen-bond acceptors (Lipinski definition) is 14. The Morgan fingerprint density at radius 1 is 0.667 bits per heavy atom. The Morgan fingerprint density at radius 3 is 1.85 bits per heavy atom. The Balaban J connectivity index is 1.84. The molecule has 7 N–H and O–H groups in total. The number of carbonyl (C=O) groups is 1. The van der Waals surface area contributed by atoms with Gasteiger partial charge in [-0.25, -0.2) is 0 Å². The van der Waals surface area contributed by atoms with Crippen LogP contribution in [0.3, 0.4) is 0 Å². The summed E-state index contributed by atoms with van der Waals surface area (Å²) in [5.74, 6) is -3.84. The number of fused-ring (bicyclic) bond motifs is 4. The SMILES string of the molecule is CC1(CS(=O)(=O)O)C(/C=C/C=C2/N(CCCS(=O)(=O)O)c3cccc(S(=O)(=O)O)c3C2(C)CCCCCC(=O)O)=[N+](CCCS(=O)(=O)O)c2ccc3c(S(=O)(=O)O)cc(S(=O)(=O)O)cc3c21. The highest BCUT2D eigenvalue weighted by Gasteiger charge is 2.52. The van der Waals surface area contributed by atoms with Crippen molar-refractivity contribution in [3.8, 4) is 0 Å². The molecule has 0 spiro atoms. The van der Waals surface area contributed by atoms with Crippen molar-refractivity contribution in [1.29, 1.82) is 0 Å². The molecule has 364 valence electrons. The number of hydrogen-bond donors (Lipinski definition) is 7. The van der Waals surface area contributed by atoms with Crippen LogP contribution in [0.1, 0.15) is 69.9 Å². The second kappa shape index (κ2) is 18.7. The Labute approximate surface area is 381 Å². The summed E-state index contributed by atoms with van der Waals surface area (Å²) in [6.07, 6.45) is 4.27. The zero-order valence-corrected chi connectivity index (χ0v) is 39.9. The lowest BCUT2D eigenvalue weighted by atomic mass is 9.76. The third kappa shape index (κ3) is 11.9. The highest BCUT2D eigenvalue weighted by atomic mass is 32.2. The van der Waals surface area contributed by atoms with Crippen molar-refractivity contribution >= 4 is 94.5 Å². The summed E-state index contributed by atoms with van der Waals surface area (Å²) >= 11 is 0. The normalized spacial score (nSPS) is 20.2. The van der Waals surface area contributed by atoms with Crippen LogP contribution in [-0.2, 0) is 76.3 Å². The number of aliphatic carboxylic acids is 1. The highest BCUT2D eigenvalue weighted by Crippen LogP contribution is 2.53. The fourth-order valence-electron chi connectivity index (χ4n) is 8.92. The largest absolute Gasteiger partial charge is 0.481 e. The molecule has 0 saturated heterocycles. The van der Waals surface area contributed by atoms with E-state index in [4.69, 9.17) is 0 Å². The van der Waals surface area contributed by atoms with Gasteiger partial charge in [0.25, 0.3) is 60.7 Å². The molecule has 66 heavy (non-hydrogen) atoms. The third-order valence-electron chi connectivity index (χ3n) is 11.4. The Kier molecular flexibility index (Phi) is 15.0. The lowest BCUT2D eigenvalue weighted by Gasteiger charge is -2.31. The smallest absolute Gasteiger partial charge is 0.303 e. The molecule has 0 amide bonds. The number of carboxylic acids is 1. The van der Waals surface area contributed by atoms with Crippen LogP contribution < -0.4 is 4.90 Å². The first-order valence-corrected chi connectivity index (χ1v) is 28.8. The predicted octanol–water partition coefficient (Wildman–Crippen LogP) is 3.63. The molecular weight excluding hydrogens is 997 g/mol. The van der Waals surface area contributed by atoms with E-state index in [2.05, 4.69) is 0 Å². The van der Waals surface area contributed by atoms with Crippen LogP contribution in [0.5, 0.6) is 0 Å². The van der Waals surface area contributed by atoms with Gasteiger partial charge in [0.15, 0.2) is 5.71 Å². The van der Waals surface area contributed by atoms with Crippen LogP contribution >= 0.6 is 0 Å². The number of benzene rings is 3. The molecule has 0 aromatic heterocycles. The van der Waals surface area contributed by atoms with E-state index < -0.39 is 109 Å². The molecule has 28 heteroatoms. The van der Waals surface area contributed by atoms with Crippen LogP contribution in [-0.4, -0.2) is 130 Å². The molecule has 2 aliphatic rings. The molecule has 3 aromatic rings. The summed E-state index contributed by atoms with van der Waals surface area (Å²) in [5.41, 5.74) is -3.16. The van der Waals surface area contributed by atoms with Crippen LogP contribution in [0, 0.1) is 0 Å². The topological polar surface area (TPSA) is 370 Å². The van der Waals surface area contributed by atoms with Gasteiger partial charge in [0.1, 0.15) is 21.8 Å². The van der Waals surface area contributed by atoms with E-state index in [9.17, 15) is 87.7 Å². The summed E-state index contributed by atoms with van der Waals surface area (Å²) in [6.45, 7) is 2.35. The molecule has 5 rings (SSSR count). The lowest BCUT2D eigenvalue weighted by molar-refractivity contribution is -0.437. The van der Waals surface area contributed by atoms with Crippen molar-refractivity contribution in [3.05, 3.63) is 77.5 Å². The van der Waals surface area contributed by atoms with Gasteiger partial charge in [-0.05, 0) is 74.9 Å². The van der Waals surface area contributed by atoms with Crippen LogP contribution in [0.25, 0.3) is 10.8 Å². The fraction of sp³-hybridized carbons (Fsp3) is 0.421. The van der Waals surface area contributed by atoms with Crippen LogP contribution in [0.2, 0.25) is 0 Å². The maximum absolute atomic E-state index is 12.9. The Bertz CT molecular complexity index is 3270. The van der Waals surface area contributed by atoms with Gasteiger partial charge in [-0.3, -0.25) is 32.1 Å². The summed E-state index contributed by atoms with van der Waals surface area (Å²) in [7, 11) is -29.7. The van der Waals surface area contributed by atoms with Gasteiger partial charge >= 0.3 is 5.97 Å². The van der Waals surface area contributed by atoms with Gasteiger partial charge in [0.2, 0.25) is 5.69 Å². The quantitative estimate of drug-likeness (QED) is 0.0455. The standard InChI is InChI=1S/C38H46N2O20S6/c1-37(17-5-3-4-14-34(41)42)32(39(18-8-20-61(43,44)45)28-10-6-11-30(36(28)37)65(55,56)57)12-7-13-33-38(2,24-63(49,50)51)35-27-22-25(64(52,53)54)23-31(66(58,59)60)26(27)15-16-29(35)40(33)19-9-21-62(46,47)48/h6-7,10-13,15-16,22-23H,3-5,8-9,14,17-21,24H2,1-2H3,(H6-,41,42,43,44,45,46,47,48,49,50,51,52,53,54,55,56,57,58,59,60)/p+1. The van der Waals surface area contributed by atoms with Gasteiger partial charge in [-0.1, -0.05) is 25.0 Å². The molecule has 3 aromatic carbocycles.